The largest absolute Gasteiger partial charge is 1.00 e. The van der Waals surface area contributed by atoms with Crippen LogP contribution in [0.2, 0.25) is 0 Å². The molecule has 0 N–H and O–H groups in total. The molecule has 804 valence electrons. The molecule has 14 aromatic rings. The van der Waals surface area contributed by atoms with Crippen LogP contribution in [0.3, 0.4) is 0 Å². The molecule has 0 aliphatic rings. The second-order valence-electron chi connectivity index (χ2n) is 37.8. The molecule has 0 saturated heterocycles. The molecule has 4 aromatic carbocycles. The van der Waals surface area contributed by atoms with Crippen LogP contribution in [0.15, 0.2) is 368 Å². The van der Waals surface area contributed by atoms with Gasteiger partial charge in [0.25, 0.3) is 0 Å². The Morgan fingerprint density at radius 1 is 0.282 bits per heavy atom. The number of halogens is 4. The molecule has 10 atom stereocenters. The molecule has 0 bridgehead atoms. The van der Waals surface area contributed by atoms with Crippen LogP contribution < -0.4 is 81.6 Å². The summed E-state index contributed by atoms with van der Waals surface area (Å²) in [6.45, 7) is 63.5. The maximum atomic E-state index is 9.22. The number of aryl methyl sites for hydroxylation is 3. The minimum Gasteiger partial charge on any atom is -1.00 e. The maximum absolute atomic E-state index is 9.22. The van der Waals surface area contributed by atoms with Gasteiger partial charge in [-0.05, 0) is 209 Å². The number of rotatable bonds is 33. The summed E-state index contributed by atoms with van der Waals surface area (Å²) in [4.78, 5) is 12.2. The third-order valence-electron chi connectivity index (χ3n) is 27.1. The van der Waals surface area contributed by atoms with Crippen molar-refractivity contribution in [2.75, 3.05) is 7.11 Å². The molecule has 10 unspecified atom stereocenters. The zero-order valence-corrected chi connectivity index (χ0v) is 98.0. The van der Waals surface area contributed by atoms with Gasteiger partial charge in [-0.2, -0.15) is 4.57 Å². The van der Waals surface area contributed by atoms with E-state index in [-0.39, 0.29) is 49.6 Å². The van der Waals surface area contributed by atoms with Crippen LogP contribution >= 0.6 is 0 Å². The average Bonchev–Trinajstić information content (AvgIpc) is 0.877. The van der Waals surface area contributed by atoms with Crippen LogP contribution in [0, 0.1) is 0 Å². The van der Waals surface area contributed by atoms with Crippen molar-refractivity contribution < 1.29 is 98.8 Å². The first-order valence-corrected chi connectivity index (χ1v) is 54.0. The van der Waals surface area contributed by atoms with Crippen molar-refractivity contribution in [3.63, 3.8) is 0 Å². The topological polar surface area (TPSA) is 132 Å². The summed E-state index contributed by atoms with van der Waals surface area (Å²) in [7, 11) is 2.58. The van der Waals surface area contributed by atoms with Gasteiger partial charge in [0.2, 0.25) is 10.4 Å². The highest BCUT2D eigenvalue weighted by atomic mass is 35.5. The van der Waals surface area contributed by atoms with Gasteiger partial charge < -0.3 is 54.2 Å². The van der Waals surface area contributed by atoms with Gasteiger partial charge in [0.15, 0.2) is 112 Å². The SMILES string of the molecule is C=Cc1ccc(C[n+]2ccc(C(C)CC)cc2)cc1.C=Cc1ccc(C[n+]2ccc(C(C)CC)cc2)cc1.C=Cc1ccc(C[n+]2ccc(C(C)CC)cc2)cc1.C=Cc1ccc(C[n+]2ccccc2C(C)CC)cc1.CCC(C)c1cc[n+](C)cc1.CCC(C)c1cc[n+](C)cc1.CCC(C)c1cccc[n+]1C.CCC(C)c1ccccn1.CCC(C)c1ccncc1.CCC(C)c1ccncc1.COS(=O)(=O)[O-].[Cl-].[Cl-].[Cl-].[Cl-]. The van der Waals surface area contributed by atoms with Crippen molar-refractivity contribution in [3.05, 3.63) is 469 Å². The van der Waals surface area contributed by atoms with Gasteiger partial charge in [-0.3, -0.25) is 19.1 Å². The predicted molar refractivity (Wildman–Crippen MR) is 608 cm³/mol. The summed E-state index contributed by atoms with van der Waals surface area (Å²) in [5.41, 5.74) is 23.8. The molecular formula is C130H178Cl4N10O4S+2. The Labute approximate surface area is 926 Å². The first kappa shape index (κ1) is 137. The van der Waals surface area contributed by atoms with Gasteiger partial charge in [0, 0.05) is 156 Å². The van der Waals surface area contributed by atoms with E-state index < -0.39 is 10.4 Å². The summed E-state index contributed by atoms with van der Waals surface area (Å²) < 4.78 is 46.3. The number of hydrogen-bond acceptors (Lipinski definition) is 7. The van der Waals surface area contributed by atoms with Gasteiger partial charge in [0.1, 0.15) is 21.1 Å². The molecule has 14 nitrogen and oxygen atoms in total. The fourth-order valence-electron chi connectivity index (χ4n) is 14.7. The molecule has 149 heavy (non-hydrogen) atoms. The molecule has 0 aliphatic carbocycles. The molecule has 0 spiro atoms. The fraction of sp³-hybridized carbons (Fsp3) is 0.369. The van der Waals surface area contributed by atoms with Gasteiger partial charge in [0.05, 0.1) is 7.11 Å². The summed E-state index contributed by atoms with van der Waals surface area (Å²) in [5, 5.41) is 0. The van der Waals surface area contributed by atoms with Gasteiger partial charge in [-0.15, -0.1) is 0 Å². The van der Waals surface area contributed by atoms with Gasteiger partial charge in [-0.1, -0.05) is 304 Å². The van der Waals surface area contributed by atoms with E-state index in [2.05, 4.69) is 522 Å². The maximum Gasteiger partial charge on any atom is 0.217 e. The lowest BCUT2D eigenvalue weighted by Crippen LogP contribution is -3.00. The van der Waals surface area contributed by atoms with Crippen molar-refractivity contribution >= 4 is 34.7 Å². The lowest BCUT2D eigenvalue weighted by atomic mass is 10.0. The Morgan fingerprint density at radius 2 is 0.517 bits per heavy atom. The monoisotopic (exact) mass is 2120 g/mol. The predicted octanol–water partition coefficient (Wildman–Crippen LogP) is 17.7. The third-order valence-corrected chi connectivity index (χ3v) is 27.5. The van der Waals surface area contributed by atoms with Crippen LogP contribution in [0.25, 0.3) is 24.3 Å². The van der Waals surface area contributed by atoms with Crippen LogP contribution in [-0.2, 0) is 61.9 Å². The molecule has 0 aliphatic heterocycles. The quantitative estimate of drug-likeness (QED) is 0.0227. The third kappa shape index (κ3) is 55.1. The first-order chi connectivity index (χ1) is 69.7. The summed E-state index contributed by atoms with van der Waals surface area (Å²) in [6, 6.07) is 83.5. The Hall–Kier alpha value is -11.6. The van der Waals surface area contributed by atoms with E-state index in [0.29, 0.717) is 59.2 Å². The number of pyridine rings is 10. The second kappa shape index (κ2) is 79.4. The number of benzene rings is 4. The molecule has 10 aromatic heterocycles. The van der Waals surface area contributed by atoms with E-state index in [1.165, 1.54) is 158 Å². The highest BCUT2D eigenvalue weighted by Crippen LogP contribution is 2.25. The van der Waals surface area contributed by atoms with E-state index in [0.717, 1.165) is 39.7 Å². The molecule has 10 heterocycles. The summed E-state index contributed by atoms with van der Waals surface area (Å²) in [6.07, 6.45) is 54.3. The Kier molecular flexibility index (Phi) is 73.2. The van der Waals surface area contributed by atoms with Crippen molar-refractivity contribution in [2.24, 2.45) is 21.1 Å². The van der Waals surface area contributed by atoms with E-state index >= 15 is 0 Å². The van der Waals surface area contributed by atoms with E-state index in [4.69, 9.17) is 0 Å². The normalized spacial score (nSPS) is 12.1. The van der Waals surface area contributed by atoms with E-state index in [1.54, 1.807) is 0 Å². The summed E-state index contributed by atoms with van der Waals surface area (Å²) in [5.74, 6) is 6.50. The van der Waals surface area contributed by atoms with Crippen LogP contribution in [0.1, 0.15) is 362 Å². The minimum atomic E-state index is -4.41. The van der Waals surface area contributed by atoms with Crippen LogP contribution in [-0.4, -0.2) is 35.0 Å². The fourth-order valence-corrected chi connectivity index (χ4v) is 14.7. The molecule has 0 saturated carbocycles. The zero-order valence-electron chi connectivity index (χ0n) is 94.2. The van der Waals surface area contributed by atoms with E-state index in [9.17, 15) is 13.0 Å². The minimum absolute atomic E-state index is 0. The van der Waals surface area contributed by atoms with Crippen molar-refractivity contribution in [2.45, 2.75) is 288 Å². The molecule has 14 rings (SSSR count). The van der Waals surface area contributed by atoms with Crippen molar-refractivity contribution in [1.29, 1.82) is 0 Å². The smallest absolute Gasteiger partial charge is 0.217 e. The molecule has 0 fully saturated rings. The summed E-state index contributed by atoms with van der Waals surface area (Å²) >= 11 is 0. The lowest BCUT2D eigenvalue weighted by Gasteiger charge is -2.09. The molecule has 0 radical (unpaired) electrons. The van der Waals surface area contributed by atoms with Crippen molar-refractivity contribution in [1.82, 2.24) is 15.0 Å². The first-order valence-electron chi connectivity index (χ1n) is 52.6. The van der Waals surface area contributed by atoms with E-state index in [1.807, 2.05) is 81.5 Å². The number of hydrogen-bond donors (Lipinski definition) is 0. The Balaban J connectivity index is 0.00000164. The number of aromatic nitrogens is 10. The lowest BCUT2D eigenvalue weighted by molar-refractivity contribution is -0.697. The molecule has 19 heteroatoms. The molecule has 0 amide bonds. The average molecular weight is 2120 g/mol. The standard InChI is InChI=1S/4C18H22N.3C10H16N.3C9H13N.CH4O4S.4ClH/c3*1-4-15(3)18-10-12-19(13-11-18)14-17-8-6-16(5-2)7-9-17;1-4-15(3)18-8-6-7-13-19(18)14-17-11-9-16(5-2)10-12-17;2*1-4-9(2)10-5-7-11(3)8-6-10;1-4-9(2)10-7-5-6-8-11(10)3;2*1-3-8(2)9-4-6-10-7-5-9;1-3-8(2)9-6-4-5-7-10-9;1-5-6(2,3)4;;;;/h4*5-13,15H,2,4,14H2,1,3H3;3*5-9H,4H2,1-3H3;3*4-8H,3H2,1-2H3;1H3,(H,2,3,4);4*1H/q7*+1;;;;;;;;/p-5. The molecular weight excluding hydrogens is 1940 g/mol. The second-order valence-corrected chi connectivity index (χ2v) is 38.9. The van der Waals surface area contributed by atoms with Crippen LogP contribution in [0.5, 0.6) is 0 Å². The van der Waals surface area contributed by atoms with Crippen LogP contribution in [0.4, 0.5) is 0 Å². The highest BCUT2D eigenvalue weighted by molar-refractivity contribution is 7.80. The number of nitrogens with zero attached hydrogens (tertiary/aromatic N) is 10. The Morgan fingerprint density at radius 3 is 0.758 bits per heavy atom. The van der Waals surface area contributed by atoms with Gasteiger partial charge in [-0.25, -0.2) is 35.8 Å². The highest BCUT2D eigenvalue weighted by Gasteiger charge is 2.18. The van der Waals surface area contributed by atoms with Gasteiger partial charge >= 0.3 is 0 Å². The zero-order chi connectivity index (χ0) is 107. The van der Waals surface area contributed by atoms with Crippen molar-refractivity contribution in [3.8, 4) is 0 Å². The Bertz CT molecular complexity index is 5520.